The first kappa shape index (κ1) is 12.3. The molecular weight excluding hydrogens is 184 g/mol. The SMILES string of the molecule is CC.CC.CN1NCC2=CC3CC3C=C21. The number of allylic oxidation sites excluding steroid dienone is 2. The van der Waals surface area contributed by atoms with Gasteiger partial charge in [0.2, 0.25) is 0 Å². The van der Waals surface area contributed by atoms with Gasteiger partial charge in [-0.15, -0.1) is 0 Å². The van der Waals surface area contributed by atoms with Gasteiger partial charge in [0, 0.05) is 13.6 Å². The molecule has 2 atom stereocenters. The molecule has 0 spiro atoms. The topological polar surface area (TPSA) is 15.3 Å². The molecule has 2 nitrogen and oxygen atoms in total. The van der Waals surface area contributed by atoms with Gasteiger partial charge in [0.05, 0.1) is 5.70 Å². The number of hydrazine groups is 1. The van der Waals surface area contributed by atoms with Crippen molar-refractivity contribution in [1.82, 2.24) is 10.4 Å². The summed E-state index contributed by atoms with van der Waals surface area (Å²) in [4.78, 5) is 0. The van der Waals surface area contributed by atoms with Crippen LogP contribution >= 0.6 is 0 Å². The maximum Gasteiger partial charge on any atom is 0.0522 e. The fraction of sp³-hybridized carbons (Fsp3) is 0.692. The van der Waals surface area contributed by atoms with Crippen molar-refractivity contribution in [1.29, 1.82) is 0 Å². The van der Waals surface area contributed by atoms with E-state index in [2.05, 4.69) is 29.6 Å². The third-order valence-electron chi connectivity index (χ3n) is 2.88. The minimum absolute atomic E-state index is 0.871. The van der Waals surface area contributed by atoms with Crippen molar-refractivity contribution in [3.8, 4) is 0 Å². The average Bonchev–Trinajstić information content (AvgIpc) is 2.99. The predicted octanol–water partition coefficient (Wildman–Crippen LogP) is 2.95. The Morgan fingerprint density at radius 1 is 1.13 bits per heavy atom. The number of nitrogens with zero attached hydrogens (tertiary/aromatic N) is 1. The molecule has 0 aromatic heterocycles. The highest BCUT2D eigenvalue weighted by atomic mass is 15.5. The molecular formula is C13H24N2. The summed E-state index contributed by atoms with van der Waals surface area (Å²) in [5.74, 6) is 1.76. The van der Waals surface area contributed by atoms with Crippen molar-refractivity contribution in [3.63, 3.8) is 0 Å². The van der Waals surface area contributed by atoms with Crippen LogP contribution in [0.3, 0.4) is 0 Å². The molecule has 2 fully saturated rings. The summed E-state index contributed by atoms with van der Waals surface area (Å²) in [6, 6.07) is 0. The summed E-state index contributed by atoms with van der Waals surface area (Å²) in [7, 11) is 2.09. The van der Waals surface area contributed by atoms with Crippen LogP contribution in [0.15, 0.2) is 23.4 Å². The molecule has 86 valence electrons. The molecule has 0 aromatic carbocycles. The summed E-state index contributed by atoms with van der Waals surface area (Å²) in [5, 5.41) is 2.14. The maximum atomic E-state index is 3.30. The van der Waals surface area contributed by atoms with E-state index in [1.165, 1.54) is 17.7 Å². The predicted molar refractivity (Wildman–Crippen MR) is 66.2 cm³/mol. The second-order valence-corrected chi connectivity index (χ2v) is 3.70. The van der Waals surface area contributed by atoms with E-state index in [1.807, 2.05) is 27.7 Å². The van der Waals surface area contributed by atoms with E-state index in [-0.39, 0.29) is 0 Å². The molecule has 1 saturated heterocycles. The molecule has 0 aromatic rings. The Kier molecular flexibility index (Phi) is 4.40. The van der Waals surface area contributed by atoms with Gasteiger partial charge in [0.15, 0.2) is 0 Å². The van der Waals surface area contributed by atoms with Gasteiger partial charge >= 0.3 is 0 Å². The van der Waals surface area contributed by atoms with Gasteiger partial charge in [-0.2, -0.15) is 0 Å². The Bertz CT molecular complexity index is 266. The largest absolute Gasteiger partial charge is 0.311 e. The van der Waals surface area contributed by atoms with Gasteiger partial charge in [-0.25, -0.2) is 5.43 Å². The van der Waals surface area contributed by atoms with Gasteiger partial charge < -0.3 is 5.01 Å². The molecule has 1 aliphatic heterocycles. The number of hydrogen-bond donors (Lipinski definition) is 1. The lowest BCUT2D eigenvalue weighted by Gasteiger charge is -2.14. The lowest BCUT2D eigenvalue weighted by atomic mass is 10.1. The van der Waals surface area contributed by atoms with Crippen molar-refractivity contribution >= 4 is 0 Å². The minimum atomic E-state index is 0.871. The molecule has 0 radical (unpaired) electrons. The summed E-state index contributed by atoms with van der Waals surface area (Å²) in [6.07, 6.45) is 6.25. The molecule has 3 aliphatic rings. The Balaban J connectivity index is 0.000000255. The molecule has 3 rings (SSSR count). The van der Waals surface area contributed by atoms with E-state index >= 15 is 0 Å². The highest BCUT2D eigenvalue weighted by molar-refractivity contribution is 5.41. The monoisotopic (exact) mass is 208 g/mol. The fourth-order valence-electron chi connectivity index (χ4n) is 2.04. The lowest BCUT2D eigenvalue weighted by Crippen LogP contribution is -2.24. The molecule has 2 heteroatoms. The number of hydrogen-bond acceptors (Lipinski definition) is 2. The first-order valence-corrected chi connectivity index (χ1v) is 6.25. The zero-order valence-electron chi connectivity index (χ0n) is 10.7. The Morgan fingerprint density at radius 3 is 2.40 bits per heavy atom. The van der Waals surface area contributed by atoms with Crippen LogP contribution in [0.25, 0.3) is 0 Å². The van der Waals surface area contributed by atoms with E-state index in [0.29, 0.717) is 0 Å². The summed E-state index contributed by atoms with van der Waals surface area (Å²) >= 11 is 0. The van der Waals surface area contributed by atoms with Crippen molar-refractivity contribution < 1.29 is 0 Å². The fourth-order valence-corrected chi connectivity index (χ4v) is 2.04. The van der Waals surface area contributed by atoms with E-state index in [9.17, 15) is 0 Å². The molecule has 15 heavy (non-hydrogen) atoms. The second-order valence-electron chi connectivity index (χ2n) is 3.70. The summed E-state index contributed by atoms with van der Waals surface area (Å²) in [6.45, 7) is 9.03. The van der Waals surface area contributed by atoms with Crippen LogP contribution < -0.4 is 5.43 Å². The van der Waals surface area contributed by atoms with Crippen LogP contribution in [0.2, 0.25) is 0 Å². The van der Waals surface area contributed by atoms with Gasteiger partial charge in [-0.3, -0.25) is 0 Å². The van der Waals surface area contributed by atoms with Gasteiger partial charge in [0.1, 0.15) is 0 Å². The van der Waals surface area contributed by atoms with Crippen LogP contribution in [0.4, 0.5) is 0 Å². The van der Waals surface area contributed by atoms with Crippen molar-refractivity contribution in [2.75, 3.05) is 13.6 Å². The summed E-state index contributed by atoms with van der Waals surface area (Å²) in [5.41, 5.74) is 6.23. The third kappa shape index (κ3) is 2.43. The molecule has 0 bridgehead atoms. The standard InChI is InChI=1S/C9H12N2.2C2H6/c1-11-9-4-7-2-6(7)3-8(9)5-10-11;2*1-2/h3-4,6-7,10H,2,5H2,1H3;2*1-2H3. The number of rotatable bonds is 0. The van der Waals surface area contributed by atoms with Gasteiger partial charge in [-0.05, 0) is 23.8 Å². The van der Waals surface area contributed by atoms with Crippen LogP contribution in [-0.4, -0.2) is 18.6 Å². The van der Waals surface area contributed by atoms with Crippen molar-refractivity contribution in [2.45, 2.75) is 34.1 Å². The van der Waals surface area contributed by atoms with Crippen molar-refractivity contribution in [2.24, 2.45) is 11.8 Å². The highest BCUT2D eigenvalue weighted by Gasteiger charge is 2.39. The number of likely N-dealkylation sites (N-methyl/N-ethyl adjacent to an activating group) is 1. The summed E-state index contributed by atoms with van der Waals surface area (Å²) < 4.78 is 0. The van der Waals surface area contributed by atoms with Gasteiger partial charge in [0.25, 0.3) is 0 Å². The Labute approximate surface area is 94.0 Å². The number of nitrogens with one attached hydrogen (secondary N) is 1. The first-order chi connectivity index (χ1) is 7.34. The normalized spacial score (nSPS) is 29.5. The minimum Gasteiger partial charge on any atom is -0.311 e. The Morgan fingerprint density at radius 2 is 1.73 bits per heavy atom. The first-order valence-electron chi connectivity index (χ1n) is 6.25. The molecule has 1 heterocycles. The second kappa shape index (κ2) is 5.36. The van der Waals surface area contributed by atoms with Crippen LogP contribution in [0, 0.1) is 11.8 Å². The zero-order valence-corrected chi connectivity index (χ0v) is 10.7. The maximum absolute atomic E-state index is 3.30. The van der Waals surface area contributed by atoms with Crippen LogP contribution in [0.5, 0.6) is 0 Å². The molecule has 1 N–H and O–H groups in total. The number of fused-ring (bicyclic) bond motifs is 2. The Hall–Kier alpha value is -0.760. The average molecular weight is 208 g/mol. The molecule has 0 amide bonds. The zero-order chi connectivity index (χ0) is 11.4. The van der Waals surface area contributed by atoms with E-state index < -0.39 is 0 Å². The molecule has 2 aliphatic carbocycles. The van der Waals surface area contributed by atoms with E-state index in [4.69, 9.17) is 0 Å². The van der Waals surface area contributed by atoms with E-state index in [0.717, 1.165) is 18.4 Å². The van der Waals surface area contributed by atoms with Crippen LogP contribution in [-0.2, 0) is 0 Å². The third-order valence-corrected chi connectivity index (χ3v) is 2.88. The van der Waals surface area contributed by atoms with Crippen molar-refractivity contribution in [3.05, 3.63) is 23.4 Å². The highest BCUT2D eigenvalue weighted by Crippen LogP contribution is 2.47. The quantitative estimate of drug-likeness (QED) is 0.658. The van der Waals surface area contributed by atoms with Crippen LogP contribution in [0.1, 0.15) is 34.1 Å². The van der Waals surface area contributed by atoms with Gasteiger partial charge in [-0.1, -0.05) is 39.8 Å². The smallest absolute Gasteiger partial charge is 0.0522 e. The lowest BCUT2D eigenvalue weighted by molar-refractivity contribution is 0.363. The molecule has 2 unspecified atom stereocenters. The van der Waals surface area contributed by atoms with E-state index in [1.54, 1.807) is 0 Å². The molecule has 1 saturated carbocycles.